The predicted molar refractivity (Wildman–Crippen MR) is 67.2 cm³/mol. The summed E-state index contributed by atoms with van der Waals surface area (Å²) >= 11 is 4.57. The summed E-state index contributed by atoms with van der Waals surface area (Å²) < 4.78 is 2.33. The van der Waals surface area contributed by atoms with Crippen LogP contribution in [-0.2, 0) is 0 Å². The highest BCUT2D eigenvalue weighted by atomic mass is 127. The number of hydrogen-bond donors (Lipinski definition) is 0. The monoisotopic (exact) mass is 381 g/mol. The molecular formula is C9H5I2N. The van der Waals surface area contributed by atoms with E-state index in [0.717, 1.165) is 3.70 Å². The zero-order valence-corrected chi connectivity index (χ0v) is 10.4. The van der Waals surface area contributed by atoms with Crippen LogP contribution in [0.3, 0.4) is 0 Å². The normalized spacial score (nSPS) is 10.5. The third kappa shape index (κ3) is 1.56. The number of halogens is 2. The highest BCUT2D eigenvalue weighted by molar-refractivity contribution is 14.1. The molecule has 2 rings (SSSR count). The molecule has 0 N–H and O–H groups in total. The molecule has 0 amide bonds. The molecule has 0 saturated heterocycles. The second kappa shape index (κ2) is 3.45. The van der Waals surface area contributed by atoms with Gasteiger partial charge in [-0.3, -0.25) is 0 Å². The highest BCUT2D eigenvalue weighted by Crippen LogP contribution is 2.20. The fraction of sp³-hybridized carbons (Fsp3) is 0. The fourth-order valence-electron chi connectivity index (χ4n) is 1.11. The van der Waals surface area contributed by atoms with Crippen LogP contribution in [0.5, 0.6) is 0 Å². The summed E-state index contributed by atoms with van der Waals surface area (Å²) in [6, 6.07) is 8.36. The third-order valence-corrected chi connectivity index (χ3v) is 3.21. The highest BCUT2D eigenvalue weighted by Gasteiger charge is 1.97. The van der Waals surface area contributed by atoms with Gasteiger partial charge in [0.05, 0.1) is 0 Å². The van der Waals surface area contributed by atoms with Crippen molar-refractivity contribution in [2.45, 2.75) is 0 Å². The van der Waals surface area contributed by atoms with Gasteiger partial charge < -0.3 is 0 Å². The minimum atomic E-state index is 1.05. The van der Waals surface area contributed by atoms with Crippen LogP contribution in [0, 0.1) is 7.27 Å². The van der Waals surface area contributed by atoms with Crippen molar-refractivity contribution in [1.82, 2.24) is 4.98 Å². The van der Waals surface area contributed by atoms with Crippen LogP contribution in [0.15, 0.2) is 30.5 Å². The van der Waals surface area contributed by atoms with E-state index in [1.807, 2.05) is 6.20 Å². The molecule has 1 heterocycles. The molecule has 0 radical (unpaired) electrons. The van der Waals surface area contributed by atoms with E-state index in [0.29, 0.717) is 0 Å². The second-order valence-corrected chi connectivity index (χ2v) is 4.74. The smallest absolute Gasteiger partial charge is 0.102 e. The Balaban J connectivity index is 2.88. The molecule has 0 fully saturated rings. The molecule has 3 heteroatoms. The zero-order chi connectivity index (χ0) is 8.55. The van der Waals surface area contributed by atoms with Crippen LogP contribution in [-0.4, -0.2) is 4.98 Å². The fourth-order valence-corrected chi connectivity index (χ4v) is 2.23. The van der Waals surface area contributed by atoms with Gasteiger partial charge >= 0.3 is 0 Å². The third-order valence-electron chi connectivity index (χ3n) is 1.68. The minimum Gasteiger partial charge on any atom is -0.250 e. The molecule has 0 atom stereocenters. The van der Waals surface area contributed by atoms with Gasteiger partial charge in [0.15, 0.2) is 0 Å². The number of nitrogens with zero attached hydrogens (tertiary/aromatic N) is 1. The van der Waals surface area contributed by atoms with Gasteiger partial charge in [0.25, 0.3) is 0 Å². The number of benzene rings is 1. The van der Waals surface area contributed by atoms with Crippen LogP contribution < -0.4 is 0 Å². The summed E-state index contributed by atoms with van der Waals surface area (Å²) in [5.41, 5.74) is 0. The van der Waals surface area contributed by atoms with Crippen molar-refractivity contribution in [3.05, 3.63) is 37.7 Å². The van der Waals surface area contributed by atoms with Crippen molar-refractivity contribution >= 4 is 56.0 Å². The zero-order valence-electron chi connectivity index (χ0n) is 6.09. The molecule has 0 spiro atoms. The Hall–Kier alpha value is 0.0900. The average molecular weight is 381 g/mol. The SMILES string of the molecule is Ic1cc2c(I)cccc2cn1. The topological polar surface area (TPSA) is 12.9 Å². The van der Waals surface area contributed by atoms with Crippen LogP contribution >= 0.6 is 45.2 Å². The molecule has 0 aliphatic heterocycles. The minimum absolute atomic E-state index is 1.05. The van der Waals surface area contributed by atoms with Crippen LogP contribution in [0.2, 0.25) is 0 Å². The van der Waals surface area contributed by atoms with Gasteiger partial charge in [-0.1, -0.05) is 12.1 Å². The molecule has 0 unspecified atom stereocenters. The van der Waals surface area contributed by atoms with Gasteiger partial charge in [-0.25, -0.2) is 4.98 Å². The van der Waals surface area contributed by atoms with E-state index in [2.05, 4.69) is 74.4 Å². The lowest BCUT2D eigenvalue weighted by Crippen LogP contribution is -1.82. The summed E-state index contributed by atoms with van der Waals surface area (Å²) in [6.07, 6.45) is 1.92. The summed E-state index contributed by atoms with van der Waals surface area (Å²) in [6.45, 7) is 0. The van der Waals surface area contributed by atoms with E-state index >= 15 is 0 Å². The molecule has 0 bridgehead atoms. The molecule has 0 aliphatic rings. The van der Waals surface area contributed by atoms with Crippen LogP contribution in [0.25, 0.3) is 10.8 Å². The summed E-state index contributed by atoms with van der Waals surface area (Å²) in [4.78, 5) is 4.23. The van der Waals surface area contributed by atoms with Gasteiger partial charge in [-0.15, -0.1) is 0 Å². The first-order valence-electron chi connectivity index (χ1n) is 3.47. The van der Waals surface area contributed by atoms with E-state index in [9.17, 15) is 0 Å². The lowest BCUT2D eigenvalue weighted by atomic mass is 10.2. The summed E-state index contributed by atoms with van der Waals surface area (Å²) in [5, 5.41) is 2.50. The number of pyridine rings is 1. The summed E-state index contributed by atoms with van der Waals surface area (Å²) in [5.74, 6) is 0. The van der Waals surface area contributed by atoms with Crippen molar-refractivity contribution in [3.8, 4) is 0 Å². The molecule has 12 heavy (non-hydrogen) atoms. The molecule has 1 aromatic carbocycles. The summed E-state index contributed by atoms with van der Waals surface area (Å²) in [7, 11) is 0. The first kappa shape index (κ1) is 8.68. The van der Waals surface area contributed by atoms with Crippen LogP contribution in [0.1, 0.15) is 0 Å². The van der Waals surface area contributed by atoms with E-state index in [-0.39, 0.29) is 0 Å². The Morgan fingerprint density at radius 1 is 1.17 bits per heavy atom. The predicted octanol–water partition coefficient (Wildman–Crippen LogP) is 3.44. The Bertz CT molecular complexity index is 426. The average Bonchev–Trinajstić information content (AvgIpc) is 2.07. The van der Waals surface area contributed by atoms with Crippen molar-refractivity contribution in [2.75, 3.05) is 0 Å². The first-order chi connectivity index (χ1) is 5.77. The Morgan fingerprint density at radius 3 is 2.83 bits per heavy atom. The standard InChI is InChI=1S/C9H5I2N/c10-8-3-1-2-6-5-12-9(11)4-7(6)8/h1-5H. The molecular weight excluding hydrogens is 376 g/mol. The van der Waals surface area contributed by atoms with Gasteiger partial charge in [-0.2, -0.15) is 0 Å². The van der Waals surface area contributed by atoms with E-state index in [1.165, 1.54) is 14.3 Å². The number of fused-ring (bicyclic) bond motifs is 1. The molecule has 0 aliphatic carbocycles. The Labute approximate surface area is 97.9 Å². The maximum atomic E-state index is 4.23. The molecule has 2 aromatic rings. The second-order valence-electron chi connectivity index (χ2n) is 2.47. The lowest BCUT2D eigenvalue weighted by molar-refractivity contribution is 1.30. The molecule has 60 valence electrons. The Morgan fingerprint density at radius 2 is 2.00 bits per heavy atom. The number of hydrogen-bond acceptors (Lipinski definition) is 1. The van der Waals surface area contributed by atoms with Crippen LogP contribution in [0.4, 0.5) is 0 Å². The largest absolute Gasteiger partial charge is 0.250 e. The number of aromatic nitrogens is 1. The molecule has 1 aromatic heterocycles. The Kier molecular flexibility index (Phi) is 2.49. The van der Waals surface area contributed by atoms with Crippen molar-refractivity contribution in [1.29, 1.82) is 0 Å². The van der Waals surface area contributed by atoms with Crippen molar-refractivity contribution in [3.63, 3.8) is 0 Å². The lowest BCUT2D eigenvalue weighted by Gasteiger charge is -1.99. The first-order valence-corrected chi connectivity index (χ1v) is 5.63. The van der Waals surface area contributed by atoms with Gasteiger partial charge in [-0.05, 0) is 62.7 Å². The molecule has 0 saturated carbocycles. The van der Waals surface area contributed by atoms with E-state index in [4.69, 9.17) is 0 Å². The van der Waals surface area contributed by atoms with E-state index < -0.39 is 0 Å². The number of rotatable bonds is 0. The quantitative estimate of drug-likeness (QED) is 0.504. The van der Waals surface area contributed by atoms with E-state index in [1.54, 1.807) is 0 Å². The maximum Gasteiger partial charge on any atom is 0.102 e. The van der Waals surface area contributed by atoms with Gasteiger partial charge in [0, 0.05) is 15.2 Å². The van der Waals surface area contributed by atoms with Crippen molar-refractivity contribution in [2.24, 2.45) is 0 Å². The van der Waals surface area contributed by atoms with Crippen molar-refractivity contribution < 1.29 is 0 Å². The molecule has 1 nitrogen and oxygen atoms in total. The van der Waals surface area contributed by atoms with Gasteiger partial charge in [0.2, 0.25) is 0 Å². The maximum absolute atomic E-state index is 4.23. The van der Waals surface area contributed by atoms with Gasteiger partial charge in [0.1, 0.15) is 3.70 Å².